The van der Waals surface area contributed by atoms with Crippen LogP contribution in [0.1, 0.15) is 42.3 Å². The summed E-state index contributed by atoms with van der Waals surface area (Å²) in [5.74, 6) is 0. The van der Waals surface area contributed by atoms with Crippen molar-refractivity contribution in [3.05, 3.63) is 56.2 Å². The molecule has 0 spiro atoms. The van der Waals surface area contributed by atoms with Gasteiger partial charge in [0.15, 0.2) is 0 Å². The second-order valence-electron chi connectivity index (χ2n) is 4.80. The molecule has 1 N–H and O–H groups in total. The van der Waals surface area contributed by atoms with Gasteiger partial charge in [-0.05, 0) is 52.5 Å². The Bertz CT molecular complexity index is 504. The van der Waals surface area contributed by atoms with Gasteiger partial charge in [0.1, 0.15) is 0 Å². The fourth-order valence-corrected chi connectivity index (χ4v) is 3.51. The summed E-state index contributed by atoms with van der Waals surface area (Å²) < 4.78 is 1.20. The summed E-state index contributed by atoms with van der Waals surface area (Å²) in [5.41, 5.74) is 2.79. The van der Waals surface area contributed by atoms with E-state index >= 15 is 0 Å². The average molecular weight is 338 g/mol. The molecule has 0 aliphatic rings. The molecule has 0 aliphatic heterocycles. The van der Waals surface area contributed by atoms with Gasteiger partial charge >= 0.3 is 0 Å². The molecule has 2 rings (SSSR count). The van der Waals surface area contributed by atoms with Crippen molar-refractivity contribution < 1.29 is 0 Å². The SMILES string of the molecule is CCCc1ccc(C(C)NCc2ccc(Br)s2)cc1. The lowest BCUT2D eigenvalue weighted by Gasteiger charge is -2.14. The maximum absolute atomic E-state index is 3.57. The first-order valence-electron chi connectivity index (χ1n) is 6.75. The molecule has 1 nitrogen and oxygen atoms in total. The number of aryl methyl sites for hydroxylation is 1. The highest BCUT2D eigenvalue weighted by atomic mass is 79.9. The van der Waals surface area contributed by atoms with E-state index in [2.05, 4.69) is 71.5 Å². The molecule has 1 aromatic carbocycles. The fourth-order valence-electron chi connectivity index (χ4n) is 2.08. The van der Waals surface area contributed by atoms with Gasteiger partial charge in [0.2, 0.25) is 0 Å². The Labute approximate surface area is 128 Å². The van der Waals surface area contributed by atoms with Crippen molar-refractivity contribution in [1.29, 1.82) is 0 Å². The van der Waals surface area contributed by atoms with Crippen LogP contribution < -0.4 is 5.32 Å². The Hall–Kier alpha value is -0.640. The van der Waals surface area contributed by atoms with Gasteiger partial charge in [0.05, 0.1) is 3.79 Å². The summed E-state index contributed by atoms with van der Waals surface area (Å²) in [7, 11) is 0. The molecular weight excluding hydrogens is 318 g/mol. The van der Waals surface area contributed by atoms with Gasteiger partial charge in [-0.25, -0.2) is 0 Å². The molecule has 0 radical (unpaired) electrons. The van der Waals surface area contributed by atoms with Crippen molar-refractivity contribution in [3.63, 3.8) is 0 Å². The normalized spacial score (nSPS) is 12.6. The van der Waals surface area contributed by atoms with E-state index in [1.54, 1.807) is 11.3 Å². The first kappa shape index (κ1) is 14.8. The highest BCUT2D eigenvalue weighted by Gasteiger charge is 2.05. The van der Waals surface area contributed by atoms with E-state index in [1.807, 2.05) is 0 Å². The first-order valence-corrected chi connectivity index (χ1v) is 8.36. The van der Waals surface area contributed by atoms with Crippen LogP contribution >= 0.6 is 27.3 Å². The predicted molar refractivity (Wildman–Crippen MR) is 87.7 cm³/mol. The largest absolute Gasteiger partial charge is 0.305 e. The van der Waals surface area contributed by atoms with E-state index in [-0.39, 0.29) is 0 Å². The van der Waals surface area contributed by atoms with Crippen molar-refractivity contribution in [2.45, 2.75) is 39.3 Å². The zero-order valence-corrected chi connectivity index (χ0v) is 13.9. The minimum atomic E-state index is 0.386. The van der Waals surface area contributed by atoms with Gasteiger partial charge in [-0.3, -0.25) is 0 Å². The van der Waals surface area contributed by atoms with E-state index in [4.69, 9.17) is 0 Å². The molecule has 0 aliphatic carbocycles. The number of rotatable bonds is 6. The Morgan fingerprint density at radius 1 is 1.16 bits per heavy atom. The van der Waals surface area contributed by atoms with Gasteiger partial charge in [-0.1, -0.05) is 37.6 Å². The van der Waals surface area contributed by atoms with E-state index < -0.39 is 0 Å². The lowest BCUT2D eigenvalue weighted by Crippen LogP contribution is -2.17. The third-order valence-corrected chi connectivity index (χ3v) is 4.85. The van der Waals surface area contributed by atoms with E-state index in [1.165, 1.54) is 32.6 Å². The lowest BCUT2D eigenvalue weighted by atomic mass is 10.0. The highest BCUT2D eigenvalue weighted by molar-refractivity contribution is 9.11. The molecular formula is C16H20BrNS. The molecule has 2 aromatic rings. The summed E-state index contributed by atoms with van der Waals surface area (Å²) in [6.45, 7) is 5.36. The molecule has 0 saturated heterocycles. The second kappa shape index (κ2) is 7.22. The zero-order valence-electron chi connectivity index (χ0n) is 11.4. The van der Waals surface area contributed by atoms with Gasteiger partial charge in [0, 0.05) is 17.5 Å². The quantitative estimate of drug-likeness (QED) is 0.752. The van der Waals surface area contributed by atoms with Crippen molar-refractivity contribution >= 4 is 27.3 Å². The van der Waals surface area contributed by atoms with Crippen molar-refractivity contribution in [1.82, 2.24) is 5.32 Å². The number of thiophene rings is 1. The van der Waals surface area contributed by atoms with Crippen molar-refractivity contribution in [2.24, 2.45) is 0 Å². The Kier molecular flexibility index (Phi) is 5.61. The number of benzene rings is 1. The lowest BCUT2D eigenvalue weighted by molar-refractivity contribution is 0.578. The van der Waals surface area contributed by atoms with Crippen LogP contribution in [-0.2, 0) is 13.0 Å². The Morgan fingerprint density at radius 3 is 2.47 bits per heavy atom. The highest BCUT2D eigenvalue weighted by Crippen LogP contribution is 2.23. The topological polar surface area (TPSA) is 12.0 Å². The maximum atomic E-state index is 3.57. The standard InChI is InChI=1S/C16H20BrNS/c1-3-4-13-5-7-14(8-6-13)12(2)18-11-15-9-10-16(17)19-15/h5-10,12,18H,3-4,11H2,1-2H3. The van der Waals surface area contributed by atoms with Gasteiger partial charge in [-0.15, -0.1) is 11.3 Å². The van der Waals surface area contributed by atoms with E-state index in [9.17, 15) is 0 Å². The molecule has 1 aromatic heterocycles. The molecule has 0 saturated carbocycles. The minimum Gasteiger partial charge on any atom is -0.305 e. The van der Waals surface area contributed by atoms with E-state index in [0.29, 0.717) is 6.04 Å². The van der Waals surface area contributed by atoms with Crippen LogP contribution in [0, 0.1) is 0 Å². The van der Waals surface area contributed by atoms with Crippen LogP contribution in [0.15, 0.2) is 40.2 Å². The van der Waals surface area contributed by atoms with Gasteiger partial charge < -0.3 is 5.32 Å². The minimum absolute atomic E-state index is 0.386. The second-order valence-corrected chi connectivity index (χ2v) is 7.35. The molecule has 1 atom stereocenters. The fraction of sp³-hybridized carbons (Fsp3) is 0.375. The van der Waals surface area contributed by atoms with E-state index in [0.717, 1.165) is 6.54 Å². The zero-order chi connectivity index (χ0) is 13.7. The van der Waals surface area contributed by atoms with Gasteiger partial charge in [-0.2, -0.15) is 0 Å². The summed E-state index contributed by atoms with van der Waals surface area (Å²) in [6, 6.07) is 13.6. The third kappa shape index (κ3) is 4.44. The van der Waals surface area contributed by atoms with Crippen molar-refractivity contribution in [2.75, 3.05) is 0 Å². The van der Waals surface area contributed by atoms with Crippen LogP contribution in [0.5, 0.6) is 0 Å². The number of hydrogen-bond donors (Lipinski definition) is 1. The van der Waals surface area contributed by atoms with Crippen LogP contribution in [0.3, 0.4) is 0 Å². The Morgan fingerprint density at radius 2 is 1.89 bits per heavy atom. The third-order valence-electron chi connectivity index (χ3n) is 3.23. The van der Waals surface area contributed by atoms with Crippen molar-refractivity contribution in [3.8, 4) is 0 Å². The molecule has 102 valence electrons. The summed E-state index contributed by atoms with van der Waals surface area (Å²) in [5, 5.41) is 3.57. The summed E-state index contributed by atoms with van der Waals surface area (Å²) >= 11 is 5.29. The molecule has 1 heterocycles. The average Bonchev–Trinajstić information content (AvgIpc) is 2.83. The summed E-state index contributed by atoms with van der Waals surface area (Å²) in [6.07, 6.45) is 2.38. The van der Waals surface area contributed by atoms with Gasteiger partial charge in [0.25, 0.3) is 0 Å². The maximum Gasteiger partial charge on any atom is 0.0701 e. The predicted octanol–water partition coefficient (Wildman–Crippen LogP) is 5.31. The molecule has 0 amide bonds. The summed E-state index contributed by atoms with van der Waals surface area (Å²) in [4.78, 5) is 1.36. The smallest absolute Gasteiger partial charge is 0.0701 e. The van der Waals surface area contributed by atoms with Crippen LogP contribution in [-0.4, -0.2) is 0 Å². The number of hydrogen-bond acceptors (Lipinski definition) is 2. The van der Waals surface area contributed by atoms with Crippen LogP contribution in [0.2, 0.25) is 0 Å². The van der Waals surface area contributed by atoms with Crippen LogP contribution in [0.25, 0.3) is 0 Å². The monoisotopic (exact) mass is 337 g/mol. The number of halogens is 1. The molecule has 1 unspecified atom stereocenters. The van der Waals surface area contributed by atoms with Crippen LogP contribution in [0.4, 0.5) is 0 Å². The Balaban J connectivity index is 1.90. The number of nitrogens with one attached hydrogen (secondary N) is 1. The molecule has 0 fully saturated rings. The first-order chi connectivity index (χ1) is 9.19. The molecule has 3 heteroatoms. The molecule has 0 bridgehead atoms. The molecule has 19 heavy (non-hydrogen) atoms.